The number of pyridine rings is 2. The Morgan fingerprint density at radius 2 is 1.05 bits per heavy atom. The minimum atomic E-state index is -0.259. The SMILES string of the molecule is CC(C)(C)c1cc(-c2cc(C(C)(C)C)cc(C(C)(C)C)c2O)nc(-n2c3ccccc3c3ccc(-c4cc(-c5ccc(-c6ccccc6)cc5)ccn4)cc32)c1. The second-order valence-corrected chi connectivity index (χ2v) is 18.2. The van der Waals surface area contributed by atoms with Gasteiger partial charge in [0.1, 0.15) is 11.6 Å². The van der Waals surface area contributed by atoms with Gasteiger partial charge in [0.05, 0.1) is 22.4 Å². The second kappa shape index (κ2) is 13.6. The molecule has 5 aromatic carbocycles. The Morgan fingerprint density at radius 1 is 0.464 bits per heavy atom. The van der Waals surface area contributed by atoms with Gasteiger partial charge in [-0.25, -0.2) is 4.98 Å². The van der Waals surface area contributed by atoms with E-state index in [-0.39, 0.29) is 16.2 Å². The minimum absolute atomic E-state index is 0.118. The summed E-state index contributed by atoms with van der Waals surface area (Å²) in [5.41, 5.74) is 12.9. The number of hydrogen-bond acceptors (Lipinski definition) is 3. The van der Waals surface area contributed by atoms with Crippen LogP contribution in [-0.2, 0) is 16.2 Å². The molecule has 0 fully saturated rings. The van der Waals surface area contributed by atoms with Gasteiger partial charge in [-0.3, -0.25) is 9.55 Å². The lowest BCUT2D eigenvalue weighted by Gasteiger charge is -2.28. The highest BCUT2D eigenvalue weighted by Crippen LogP contribution is 2.43. The van der Waals surface area contributed by atoms with Crippen LogP contribution in [0, 0.1) is 0 Å². The molecule has 0 spiro atoms. The lowest BCUT2D eigenvalue weighted by Crippen LogP contribution is -2.17. The quantitative estimate of drug-likeness (QED) is 0.192. The number of phenolic OH excluding ortho intramolecular Hbond substituents is 1. The lowest BCUT2D eigenvalue weighted by molar-refractivity contribution is 0.446. The number of aromatic hydroxyl groups is 1. The molecular formula is C52H51N3O. The van der Waals surface area contributed by atoms with Crippen LogP contribution in [0.3, 0.4) is 0 Å². The first kappa shape index (κ1) is 36.9. The number of phenols is 1. The monoisotopic (exact) mass is 733 g/mol. The van der Waals surface area contributed by atoms with Gasteiger partial charge in [0.25, 0.3) is 0 Å². The second-order valence-electron chi connectivity index (χ2n) is 18.2. The van der Waals surface area contributed by atoms with Gasteiger partial charge in [0.2, 0.25) is 0 Å². The fourth-order valence-electron chi connectivity index (χ4n) is 7.67. The van der Waals surface area contributed by atoms with Crippen molar-refractivity contribution in [2.24, 2.45) is 0 Å². The van der Waals surface area contributed by atoms with Gasteiger partial charge < -0.3 is 5.11 Å². The van der Waals surface area contributed by atoms with E-state index in [2.05, 4.69) is 194 Å². The molecule has 280 valence electrons. The molecule has 0 saturated heterocycles. The molecule has 8 aromatic rings. The summed E-state index contributed by atoms with van der Waals surface area (Å²) in [5.74, 6) is 1.11. The Morgan fingerprint density at radius 3 is 1.73 bits per heavy atom. The van der Waals surface area contributed by atoms with Gasteiger partial charge in [-0.15, -0.1) is 0 Å². The van der Waals surface area contributed by atoms with Crippen LogP contribution in [-0.4, -0.2) is 19.6 Å². The van der Waals surface area contributed by atoms with Gasteiger partial charge in [0, 0.05) is 33.7 Å². The third-order valence-corrected chi connectivity index (χ3v) is 11.0. The van der Waals surface area contributed by atoms with E-state index in [9.17, 15) is 5.11 Å². The van der Waals surface area contributed by atoms with E-state index >= 15 is 0 Å². The summed E-state index contributed by atoms with van der Waals surface area (Å²) >= 11 is 0. The molecule has 0 bridgehead atoms. The molecule has 0 aliphatic heterocycles. The van der Waals surface area contributed by atoms with E-state index in [1.54, 1.807) is 0 Å². The molecule has 0 atom stereocenters. The molecule has 4 nitrogen and oxygen atoms in total. The molecule has 0 saturated carbocycles. The predicted octanol–water partition coefficient (Wildman–Crippen LogP) is 13.8. The summed E-state index contributed by atoms with van der Waals surface area (Å²) in [6, 6.07) is 47.4. The molecule has 0 aliphatic carbocycles. The van der Waals surface area contributed by atoms with E-state index in [1.165, 1.54) is 16.7 Å². The van der Waals surface area contributed by atoms with Crippen molar-refractivity contribution in [1.29, 1.82) is 0 Å². The van der Waals surface area contributed by atoms with E-state index in [0.717, 1.165) is 72.4 Å². The molecular weight excluding hydrogens is 683 g/mol. The third kappa shape index (κ3) is 6.90. The van der Waals surface area contributed by atoms with Crippen molar-refractivity contribution in [2.75, 3.05) is 0 Å². The van der Waals surface area contributed by atoms with Gasteiger partial charge >= 0.3 is 0 Å². The summed E-state index contributed by atoms with van der Waals surface area (Å²) in [4.78, 5) is 10.3. The smallest absolute Gasteiger partial charge is 0.138 e. The highest BCUT2D eigenvalue weighted by atomic mass is 16.3. The highest BCUT2D eigenvalue weighted by molar-refractivity contribution is 6.10. The largest absolute Gasteiger partial charge is 0.507 e. The molecule has 0 radical (unpaired) electrons. The summed E-state index contributed by atoms with van der Waals surface area (Å²) in [6.45, 7) is 19.9. The predicted molar refractivity (Wildman–Crippen MR) is 236 cm³/mol. The fourth-order valence-corrected chi connectivity index (χ4v) is 7.67. The van der Waals surface area contributed by atoms with Crippen molar-refractivity contribution in [2.45, 2.75) is 78.6 Å². The number of nitrogens with zero attached hydrogens (tertiary/aromatic N) is 3. The van der Waals surface area contributed by atoms with E-state index in [4.69, 9.17) is 9.97 Å². The molecule has 0 aliphatic rings. The Hall–Kier alpha value is -6.00. The van der Waals surface area contributed by atoms with Crippen LogP contribution < -0.4 is 0 Å². The van der Waals surface area contributed by atoms with Gasteiger partial charge in [-0.2, -0.15) is 0 Å². The fraction of sp³-hybridized carbons (Fsp3) is 0.231. The standard InChI is InChI=1S/C52H51N3O/c1-50(2,3)38-29-42(49(56)43(30-38)52(7,8)9)45-31-39(51(4,5)6)32-48(54-45)55-46-18-14-13-17-40(46)41-24-23-37(28-47(41)55)44-27-36(25-26-53-44)35-21-19-34(20-22-35)33-15-11-10-12-16-33/h10-32,56H,1-9H3. The molecule has 56 heavy (non-hydrogen) atoms. The van der Waals surface area contributed by atoms with Gasteiger partial charge in [-0.1, -0.05) is 153 Å². The first-order chi connectivity index (χ1) is 26.6. The molecule has 1 N–H and O–H groups in total. The Bertz CT molecular complexity index is 2730. The van der Waals surface area contributed by atoms with Crippen LogP contribution in [0.5, 0.6) is 5.75 Å². The summed E-state index contributed by atoms with van der Waals surface area (Å²) in [6.07, 6.45) is 1.90. The maximum absolute atomic E-state index is 12.0. The van der Waals surface area contributed by atoms with Gasteiger partial charge in [0.15, 0.2) is 0 Å². The topological polar surface area (TPSA) is 50.9 Å². The van der Waals surface area contributed by atoms with Crippen LogP contribution in [0.25, 0.3) is 72.4 Å². The van der Waals surface area contributed by atoms with Crippen LogP contribution in [0.15, 0.2) is 140 Å². The molecule has 3 heterocycles. The zero-order valence-corrected chi connectivity index (χ0v) is 34.1. The normalized spacial score (nSPS) is 12.4. The average Bonchev–Trinajstić information content (AvgIpc) is 3.51. The Labute approximate surface area is 331 Å². The first-order valence-corrected chi connectivity index (χ1v) is 19.6. The minimum Gasteiger partial charge on any atom is -0.507 e. The average molecular weight is 734 g/mol. The summed E-state index contributed by atoms with van der Waals surface area (Å²) in [7, 11) is 0. The Kier molecular flexibility index (Phi) is 9.00. The highest BCUT2D eigenvalue weighted by Gasteiger charge is 2.28. The van der Waals surface area contributed by atoms with Crippen molar-refractivity contribution >= 4 is 21.8 Å². The molecule has 8 rings (SSSR count). The third-order valence-electron chi connectivity index (χ3n) is 11.0. The van der Waals surface area contributed by atoms with Crippen LogP contribution >= 0.6 is 0 Å². The van der Waals surface area contributed by atoms with E-state index < -0.39 is 0 Å². The number of rotatable bonds is 5. The van der Waals surface area contributed by atoms with Crippen LogP contribution in [0.2, 0.25) is 0 Å². The number of fused-ring (bicyclic) bond motifs is 3. The molecule has 4 heteroatoms. The van der Waals surface area contributed by atoms with Crippen molar-refractivity contribution in [3.63, 3.8) is 0 Å². The summed E-state index contributed by atoms with van der Waals surface area (Å²) < 4.78 is 2.29. The zero-order valence-electron chi connectivity index (χ0n) is 34.1. The van der Waals surface area contributed by atoms with Crippen molar-refractivity contribution in [3.05, 3.63) is 156 Å². The number of benzene rings is 5. The molecule has 0 amide bonds. The van der Waals surface area contributed by atoms with Crippen LogP contribution in [0.1, 0.15) is 79.0 Å². The lowest BCUT2D eigenvalue weighted by atomic mass is 9.78. The first-order valence-electron chi connectivity index (χ1n) is 19.6. The van der Waals surface area contributed by atoms with Crippen molar-refractivity contribution in [3.8, 4) is 56.3 Å². The van der Waals surface area contributed by atoms with Gasteiger partial charge in [-0.05, 0) is 92.1 Å². The number of aromatic nitrogens is 3. The van der Waals surface area contributed by atoms with Crippen LogP contribution in [0.4, 0.5) is 0 Å². The van der Waals surface area contributed by atoms with Crippen molar-refractivity contribution in [1.82, 2.24) is 14.5 Å². The number of para-hydroxylation sites is 1. The maximum Gasteiger partial charge on any atom is 0.138 e. The van der Waals surface area contributed by atoms with E-state index in [1.807, 2.05) is 12.3 Å². The van der Waals surface area contributed by atoms with Crippen molar-refractivity contribution < 1.29 is 5.11 Å². The zero-order chi connectivity index (χ0) is 39.6. The maximum atomic E-state index is 12.0. The summed E-state index contributed by atoms with van der Waals surface area (Å²) in [5, 5.41) is 14.3. The number of hydrogen-bond donors (Lipinski definition) is 1. The molecule has 3 aromatic heterocycles. The molecule has 0 unspecified atom stereocenters. The Balaban J connectivity index is 1.31. The van der Waals surface area contributed by atoms with E-state index in [0.29, 0.717) is 5.75 Å².